The van der Waals surface area contributed by atoms with Gasteiger partial charge in [0.25, 0.3) is 5.56 Å². The van der Waals surface area contributed by atoms with Crippen LogP contribution in [0.1, 0.15) is 11.1 Å². The summed E-state index contributed by atoms with van der Waals surface area (Å²) in [6.45, 7) is 2.55. The quantitative estimate of drug-likeness (QED) is 0.767. The lowest BCUT2D eigenvalue weighted by Crippen LogP contribution is -2.28. The highest BCUT2D eigenvalue weighted by molar-refractivity contribution is 5.91. The Hall–Kier alpha value is -2.99. The van der Waals surface area contributed by atoms with Crippen LogP contribution in [-0.2, 0) is 17.9 Å². The predicted molar refractivity (Wildman–Crippen MR) is 103 cm³/mol. The lowest BCUT2D eigenvalue weighted by Gasteiger charge is -2.15. The summed E-state index contributed by atoms with van der Waals surface area (Å²) in [5, 5.41) is 3.42. The Morgan fingerprint density at radius 1 is 1.15 bits per heavy atom. The van der Waals surface area contributed by atoms with E-state index in [2.05, 4.69) is 10.3 Å². The summed E-state index contributed by atoms with van der Waals surface area (Å²) >= 11 is 0. The topological polar surface area (TPSA) is 67.2 Å². The maximum atomic E-state index is 12.6. The molecule has 0 unspecified atom stereocenters. The molecule has 3 rings (SSSR count). The number of benzene rings is 2. The van der Waals surface area contributed by atoms with Crippen LogP contribution < -0.4 is 10.9 Å². The number of amides is 1. The molecular weight excluding hydrogens is 328 g/mol. The number of rotatable bonds is 5. The monoisotopic (exact) mass is 350 g/mol. The Bertz CT molecular complexity index is 1010. The fraction of sp³-hybridized carbons (Fsp3) is 0.250. The maximum absolute atomic E-state index is 12.6. The highest BCUT2D eigenvalue weighted by Crippen LogP contribution is 2.16. The second-order valence-corrected chi connectivity index (χ2v) is 6.59. The molecule has 0 fully saturated rings. The Morgan fingerprint density at radius 3 is 2.69 bits per heavy atom. The third kappa shape index (κ3) is 3.81. The molecule has 1 aromatic heterocycles. The summed E-state index contributed by atoms with van der Waals surface area (Å²) in [5.74, 6) is -0.257. The number of fused-ring (bicyclic) bond motifs is 1. The molecule has 0 bridgehead atoms. The van der Waals surface area contributed by atoms with Crippen molar-refractivity contribution in [2.75, 3.05) is 19.4 Å². The smallest absolute Gasteiger partial charge is 0.261 e. The van der Waals surface area contributed by atoms with E-state index < -0.39 is 0 Å². The number of nitrogens with one attached hydrogen (secondary N) is 1. The number of hydrogen-bond donors (Lipinski definition) is 1. The number of para-hydroxylation sites is 2. The molecule has 0 saturated heterocycles. The van der Waals surface area contributed by atoms with Gasteiger partial charge in [-0.25, -0.2) is 4.98 Å². The first-order chi connectivity index (χ1) is 12.5. The van der Waals surface area contributed by atoms with Crippen LogP contribution >= 0.6 is 0 Å². The molecule has 6 nitrogen and oxygen atoms in total. The number of nitrogens with zero attached hydrogens (tertiary/aromatic N) is 3. The van der Waals surface area contributed by atoms with E-state index in [1.807, 2.05) is 62.3 Å². The zero-order valence-corrected chi connectivity index (χ0v) is 15.2. The summed E-state index contributed by atoms with van der Waals surface area (Å²) in [7, 11) is 3.95. The molecular formula is C20H22N4O2. The lowest BCUT2D eigenvalue weighted by molar-refractivity contribution is -0.116. The normalized spacial score (nSPS) is 11.1. The zero-order valence-electron chi connectivity index (χ0n) is 15.2. The van der Waals surface area contributed by atoms with Crippen molar-refractivity contribution in [3.05, 3.63) is 70.3 Å². The summed E-state index contributed by atoms with van der Waals surface area (Å²) < 4.78 is 1.34. The zero-order chi connectivity index (χ0) is 18.7. The summed E-state index contributed by atoms with van der Waals surface area (Å²) in [5.41, 5.74) is 3.17. The molecule has 6 heteroatoms. The average Bonchev–Trinajstić information content (AvgIpc) is 2.59. The van der Waals surface area contributed by atoms with E-state index in [0.717, 1.165) is 16.8 Å². The molecule has 0 radical (unpaired) electrons. The van der Waals surface area contributed by atoms with E-state index in [1.54, 1.807) is 6.07 Å². The predicted octanol–water partition coefficient (Wildman–Crippen LogP) is 2.41. The number of anilines is 1. The second kappa shape index (κ2) is 7.49. The minimum absolute atomic E-state index is 0.0774. The molecule has 134 valence electrons. The van der Waals surface area contributed by atoms with Gasteiger partial charge >= 0.3 is 0 Å². The number of aromatic nitrogens is 2. The molecule has 0 saturated carbocycles. The van der Waals surface area contributed by atoms with Gasteiger partial charge in [0.2, 0.25) is 5.91 Å². The third-order valence-corrected chi connectivity index (χ3v) is 4.15. The van der Waals surface area contributed by atoms with Crippen molar-refractivity contribution in [1.29, 1.82) is 0 Å². The molecule has 0 spiro atoms. The van der Waals surface area contributed by atoms with Crippen LogP contribution in [0.4, 0.5) is 5.69 Å². The van der Waals surface area contributed by atoms with Gasteiger partial charge in [0.15, 0.2) is 0 Å². The number of hydrogen-bond acceptors (Lipinski definition) is 4. The standard InChI is InChI=1S/C20H22N4O2/c1-14-7-6-9-16-19(14)21-13-24(20(16)26)12-18(25)22-17-10-5-4-8-15(17)11-23(2)3/h4-10,13H,11-12H2,1-3H3,(H,22,25). The Labute approximate surface area is 152 Å². The van der Waals surface area contributed by atoms with Gasteiger partial charge < -0.3 is 10.2 Å². The molecule has 1 amide bonds. The van der Waals surface area contributed by atoms with Crippen LogP contribution in [0.25, 0.3) is 10.9 Å². The minimum atomic E-state index is -0.257. The van der Waals surface area contributed by atoms with Gasteiger partial charge in [0.1, 0.15) is 6.54 Å². The Balaban J connectivity index is 1.82. The minimum Gasteiger partial charge on any atom is -0.324 e. The largest absolute Gasteiger partial charge is 0.324 e. The average molecular weight is 350 g/mol. The highest BCUT2D eigenvalue weighted by Gasteiger charge is 2.11. The third-order valence-electron chi connectivity index (χ3n) is 4.15. The molecule has 1 heterocycles. The summed E-state index contributed by atoms with van der Waals surface area (Å²) in [6.07, 6.45) is 1.43. The molecule has 2 aromatic carbocycles. The van der Waals surface area contributed by atoms with Crippen molar-refractivity contribution >= 4 is 22.5 Å². The summed E-state index contributed by atoms with van der Waals surface area (Å²) in [6, 6.07) is 13.1. The van der Waals surface area contributed by atoms with Crippen LogP contribution in [0.3, 0.4) is 0 Å². The summed E-state index contributed by atoms with van der Waals surface area (Å²) in [4.78, 5) is 31.4. The van der Waals surface area contributed by atoms with Gasteiger partial charge in [-0.1, -0.05) is 30.3 Å². The van der Waals surface area contributed by atoms with Gasteiger partial charge in [-0.2, -0.15) is 0 Å². The van der Waals surface area contributed by atoms with Crippen molar-refractivity contribution in [3.8, 4) is 0 Å². The van der Waals surface area contributed by atoms with Gasteiger partial charge in [-0.3, -0.25) is 14.2 Å². The molecule has 0 aliphatic heterocycles. The lowest BCUT2D eigenvalue weighted by atomic mass is 10.1. The number of carbonyl (C=O) groups excluding carboxylic acids is 1. The van der Waals surface area contributed by atoms with Gasteiger partial charge in [0, 0.05) is 12.2 Å². The first-order valence-electron chi connectivity index (χ1n) is 8.43. The van der Waals surface area contributed by atoms with Crippen LogP contribution in [-0.4, -0.2) is 34.5 Å². The fourth-order valence-corrected chi connectivity index (χ4v) is 2.92. The molecule has 3 aromatic rings. The van der Waals surface area contributed by atoms with Gasteiger partial charge in [0.05, 0.1) is 17.2 Å². The van der Waals surface area contributed by atoms with Crippen molar-refractivity contribution in [1.82, 2.24) is 14.5 Å². The van der Waals surface area contributed by atoms with E-state index >= 15 is 0 Å². The second-order valence-electron chi connectivity index (χ2n) is 6.59. The SMILES string of the molecule is Cc1cccc2c(=O)n(CC(=O)Nc3ccccc3CN(C)C)cnc12. The van der Waals surface area contributed by atoms with Crippen LogP contribution in [0.5, 0.6) is 0 Å². The number of aryl methyl sites for hydroxylation is 1. The first-order valence-corrected chi connectivity index (χ1v) is 8.43. The molecule has 26 heavy (non-hydrogen) atoms. The van der Waals surface area contributed by atoms with Gasteiger partial charge in [-0.15, -0.1) is 0 Å². The molecule has 0 aliphatic carbocycles. The van der Waals surface area contributed by atoms with Crippen molar-refractivity contribution < 1.29 is 4.79 Å². The first kappa shape index (κ1) is 17.8. The van der Waals surface area contributed by atoms with E-state index in [4.69, 9.17) is 0 Å². The van der Waals surface area contributed by atoms with Crippen LogP contribution in [0.2, 0.25) is 0 Å². The van der Waals surface area contributed by atoms with E-state index in [9.17, 15) is 9.59 Å². The van der Waals surface area contributed by atoms with E-state index in [0.29, 0.717) is 17.4 Å². The van der Waals surface area contributed by atoms with Crippen molar-refractivity contribution in [2.45, 2.75) is 20.0 Å². The van der Waals surface area contributed by atoms with Gasteiger partial charge in [-0.05, 0) is 44.3 Å². The Morgan fingerprint density at radius 2 is 1.92 bits per heavy atom. The van der Waals surface area contributed by atoms with Crippen LogP contribution in [0.15, 0.2) is 53.6 Å². The Kier molecular flexibility index (Phi) is 5.14. The van der Waals surface area contributed by atoms with E-state index in [-0.39, 0.29) is 18.0 Å². The van der Waals surface area contributed by atoms with E-state index in [1.165, 1.54) is 10.9 Å². The molecule has 0 atom stereocenters. The van der Waals surface area contributed by atoms with Crippen molar-refractivity contribution in [3.63, 3.8) is 0 Å². The van der Waals surface area contributed by atoms with Crippen LogP contribution in [0, 0.1) is 6.92 Å². The fourth-order valence-electron chi connectivity index (χ4n) is 2.92. The van der Waals surface area contributed by atoms with Crippen molar-refractivity contribution in [2.24, 2.45) is 0 Å². The maximum Gasteiger partial charge on any atom is 0.261 e. The number of carbonyl (C=O) groups is 1. The molecule has 1 N–H and O–H groups in total. The highest BCUT2D eigenvalue weighted by atomic mass is 16.2. The molecule has 0 aliphatic rings.